The maximum Gasteiger partial charge on any atom is 0.404 e. The number of primary amides is 1. The second-order valence-electron chi connectivity index (χ2n) is 2.65. The number of piperidine rings is 1. The van der Waals surface area contributed by atoms with Crippen molar-refractivity contribution in [1.29, 1.82) is 0 Å². The summed E-state index contributed by atoms with van der Waals surface area (Å²) in [7, 11) is 0. The van der Waals surface area contributed by atoms with Crippen molar-refractivity contribution in [2.75, 3.05) is 6.54 Å². The van der Waals surface area contributed by atoms with Crippen molar-refractivity contribution in [3.8, 4) is 0 Å². The molecule has 1 fully saturated rings. The zero-order valence-electron chi connectivity index (χ0n) is 6.45. The van der Waals surface area contributed by atoms with E-state index in [4.69, 9.17) is 11.5 Å². The quantitative estimate of drug-likeness (QED) is 0.439. The van der Waals surface area contributed by atoms with Gasteiger partial charge in [0, 0.05) is 6.42 Å². The number of hydrogen-bond acceptors (Lipinski definition) is 4. The Morgan fingerprint density at radius 3 is 2.83 bits per heavy atom. The van der Waals surface area contributed by atoms with Crippen LogP contribution in [0.15, 0.2) is 0 Å². The van der Waals surface area contributed by atoms with Crippen LogP contribution in [0.2, 0.25) is 0 Å². The third kappa shape index (κ3) is 2.09. The van der Waals surface area contributed by atoms with Crippen molar-refractivity contribution in [3.63, 3.8) is 0 Å². The third-order valence-electron chi connectivity index (χ3n) is 1.67. The summed E-state index contributed by atoms with van der Waals surface area (Å²) in [5.74, 6) is -0.133. The molecule has 6 nitrogen and oxygen atoms in total. The first-order chi connectivity index (χ1) is 5.59. The Balaban J connectivity index is 2.45. The van der Waals surface area contributed by atoms with Crippen molar-refractivity contribution in [3.05, 3.63) is 0 Å². The summed E-state index contributed by atoms with van der Waals surface area (Å²) in [5.41, 5.74) is 10.3. The Hall–Kier alpha value is -1.30. The molecule has 0 bridgehead atoms. The number of amides is 2. The lowest BCUT2D eigenvalue weighted by Gasteiger charge is -2.27. The second-order valence-corrected chi connectivity index (χ2v) is 2.65. The first kappa shape index (κ1) is 8.79. The third-order valence-corrected chi connectivity index (χ3v) is 1.67. The molecule has 1 saturated heterocycles. The van der Waals surface area contributed by atoms with E-state index in [0.29, 0.717) is 0 Å². The van der Waals surface area contributed by atoms with Gasteiger partial charge in [0.15, 0.2) is 0 Å². The van der Waals surface area contributed by atoms with Gasteiger partial charge in [0.05, 0.1) is 12.6 Å². The Morgan fingerprint density at radius 2 is 2.33 bits per heavy atom. The number of nitrogens with two attached hydrogens (primary N) is 2. The van der Waals surface area contributed by atoms with E-state index in [-0.39, 0.29) is 18.9 Å². The molecule has 0 aliphatic carbocycles. The van der Waals surface area contributed by atoms with Gasteiger partial charge in [0.25, 0.3) is 0 Å². The Morgan fingerprint density at radius 1 is 1.67 bits per heavy atom. The standard InChI is InChI=1S/C6H11N3O3/c7-3-1-5(10)9-2-4(3)12-6(8)11/h3-4H,1-2,7H2,(H2,8,11)(H,9,10). The number of hydrogen-bond donors (Lipinski definition) is 3. The van der Waals surface area contributed by atoms with Crippen LogP contribution in [0, 0.1) is 0 Å². The lowest BCUT2D eigenvalue weighted by molar-refractivity contribution is -0.124. The zero-order valence-corrected chi connectivity index (χ0v) is 6.45. The normalized spacial score (nSPS) is 29.2. The van der Waals surface area contributed by atoms with E-state index in [1.54, 1.807) is 0 Å². The van der Waals surface area contributed by atoms with Crippen LogP contribution < -0.4 is 16.8 Å². The summed E-state index contributed by atoms with van der Waals surface area (Å²) in [4.78, 5) is 21.1. The van der Waals surface area contributed by atoms with E-state index in [1.807, 2.05) is 0 Å². The Kier molecular flexibility index (Phi) is 2.49. The average molecular weight is 173 g/mol. The molecule has 1 rings (SSSR count). The highest BCUT2D eigenvalue weighted by atomic mass is 16.6. The summed E-state index contributed by atoms with van der Waals surface area (Å²) in [6, 6.07) is -0.453. The van der Waals surface area contributed by atoms with E-state index in [2.05, 4.69) is 10.1 Å². The predicted octanol–water partition coefficient (Wildman–Crippen LogP) is -1.70. The Bertz CT molecular complexity index is 206. The van der Waals surface area contributed by atoms with Crippen LogP contribution in [-0.4, -0.2) is 30.7 Å². The zero-order chi connectivity index (χ0) is 9.14. The van der Waals surface area contributed by atoms with Crippen molar-refractivity contribution < 1.29 is 14.3 Å². The summed E-state index contributed by atoms with van der Waals surface area (Å²) in [5, 5.41) is 2.52. The number of nitrogens with one attached hydrogen (secondary N) is 1. The molecular formula is C6H11N3O3. The predicted molar refractivity (Wildman–Crippen MR) is 40.1 cm³/mol. The Labute approximate surface area is 69.2 Å². The highest BCUT2D eigenvalue weighted by Crippen LogP contribution is 2.05. The molecule has 0 aromatic rings. The number of rotatable bonds is 1. The molecule has 2 atom stereocenters. The molecule has 12 heavy (non-hydrogen) atoms. The highest BCUT2D eigenvalue weighted by molar-refractivity contribution is 5.77. The van der Waals surface area contributed by atoms with Gasteiger partial charge in [-0.1, -0.05) is 0 Å². The van der Waals surface area contributed by atoms with Crippen molar-refractivity contribution >= 4 is 12.0 Å². The molecule has 1 heterocycles. The summed E-state index contributed by atoms with van der Waals surface area (Å²) in [6.07, 6.45) is -1.20. The molecule has 1 aliphatic rings. The smallest absolute Gasteiger partial charge is 0.404 e. The van der Waals surface area contributed by atoms with Crippen molar-refractivity contribution in [2.45, 2.75) is 18.6 Å². The number of carbonyl (C=O) groups is 2. The molecule has 0 radical (unpaired) electrons. The van der Waals surface area contributed by atoms with E-state index in [9.17, 15) is 9.59 Å². The first-order valence-electron chi connectivity index (χ1n) is 3.58. The monoisotopic (exact) mass is 173 g/mol. The lowest BCUT2D eigenvalue weighted by Crippen LogP contribution is -2.53. The molecule has 5 N–H and O–H groups in total. The molecular weight excluding hydrogens is 162 g/mol. The van der Waals surface area contributed by atoms with Crippen LogP contribution in [-0.2, 0) is 9.53 Å². The molecule has 0 aromatic carbocycles. The lowest BCUT2D eigenvalue weighted by atomic mass is 10.0. The summed E-state index contributed by atoms with van der Waals surface area (Å²) >= 11 is 0. The van der Waals surface area contributed by atoms with Gasteiger partial charge >= 0.3 is 6.09 Å². The van der Waals surface area contributed by atoms with E-state index in [1.165, 1.54) is 0 Å². The second kappa shape index (κ2) is 3.40. The molecule has 0 saturated carbocycles. The number of ether oxygens (including phenoxy) is 1. The maximum absolute atomic E-state index is 10.7. The fraction of sp³-hybridized carbons (Fsp3) is 0.667. The molecule has 0 aromatic heterocycles. The number of carbonyl (C=O) groups excluding carboxylic acids is 2. The fourth-order valence-electron chi connectivity index (χ4n) is 1.06. The van der Waals surface area contributed by atoms with Crippen LogP contribution in [0.5, 0.6) is 0 Å². The maximum atomic E-state index is 10.7. The minimum Gasteiger partial charge on any atom is -0.443 e. The molecule has 6 heteroatoms. The highest BCUT2D eigenvalue weighted by Gasteiger charge is 2.28. The van der Waals surface area contributed by atoms with Gasteiger partial charge in [0.1, 0.15) is 6.10 Å². The molecule has 0 spiro atoms. The largest absolute Gasteiger partial charge is 0.443 e. The van der Waals surface area contributed by atoms with Gasteiger partial charge < -0.3 is 21.5 Å². The van der Waals surface area contributed by atoms with Gasteiger partial charge in [-0.2, -0.15) is 0 Å². The van der Waals surface area contributed by atoms with Crippen molar-refractivity contribution in [1.82, 2.24) is 5.32 Å². The molecule has 2 unspecified atom stereocenters. The van der Waals surface area contributed by atoms with Crippen LogP contribution in [0.25, 0.3) is 0 Å². The first-order valence-corrected chi connectivity index (χ1v) is 3.58. The van der Waals surface area contributed by atoms with Gasteiger partial charge in [0.2, 0.25) is 5.91 Å². The van der Waals surface area contributed by atoms with Crippen LogP contribution in [0.3, 0.4) is 0 Å². The van der Waals surface area contributed by atoms with Gasteiger partial charge in [-0.3, -0.25) is 4.79 Å². The van der Waals surface area contributed by atoms with Gasteiger partial charge in [-0.25, -0.2) is 4.79 Å². The van der Waals surface area contributed by atoms with Crippen LogP contribution >= 0.6 is 0 Å². The summed E-state index contributed by atoms with van der Waals surface area (Å²) < 4.78 is 4.65. The van der Waals surface area contributed by atoms with Crippen LogP contribution in [0.1, 0.15) is 6.42 Å². The van der Waals surface area contributed by atoms with E-state index >= 15 is 0 Å². The van der Waals surface area contributed by atoms with Crippen LogP contribution in [0.4, 0.5) is 4.79 Å². The molecule has 1 aliphatic heterocycles. The van der Waals surface area contributed by atoms with E-state index < -0.39 is 18.2 Å². The SMILES string of the molecule is NC(=O)OC1CNC(=O)CC1N. The van der Waals surface area contributed by atoms with Gasteiger partial charge in [-0.05, 0) is 0 Å². The van der Waals surface area contributed by atoms with Crippen molar-refractivity contribution in [2.24, 2.45) is 11.5 Å². The summed E-state index contributed by atoms with van der Waals surface area (Å²) in [6.45, 7) is 0.239. The molecule has 2 amide bonds. The van der Waals surface area contributed by atoms with Gasteiger partial charge in [-0.15, -0.1) is 0 Å². The minimum absolute atomic E-state index is 0.133. The fourth-order valence-corrected chi connectivity index (χ4v) is 1.06. The minimum atomic E-state index is -0.869. The van der Waals surface area contributed by atoms with E-state index in [0.717, 1.165) is 0 Å². The molecule has 68 valence electrons. The topological polar surface area (TPSA) is 107 Å². The average Bonchev–Trinajstić information content (AvgIpc) is 1.94.